The summed E-state index contributed by atoms with van der Waals surface area (Å²) in [6, 6.07) is 6.87. The van der Waals surface area contributed by atoms with Gasteiger partial charge in [-0.25, -0.2) is 4.98 Å². The third-order valence-corrected chi connectivity index (χ3v) is 3.64. The van der Waals surface area contributed by atoms with E-state index < -0.39 is 0 Å². The Balaban J connectivity index is 1.87. The highest BCUT2D eigenvalue weighted by Crippen LogP contribution is 2.38. The number of methoxy groups -OCH3 is 1. The SMILES string of the molecule is COCCOCc1nc2cc(CN)ccc2n1C1CC1. The molecule has 0 radical (unpaired) electrons. The molecule has 3 rings (SSSR count). The zero-order valence-corrected chi connectivity index (χ0v) is 11.8. The molecule has 0 unspecified atom stereocenters. The lowest BCUT2D eigenvalue weighted by Gasteiger charge is -2.08. The minimum atomic E-state index is 0.534. The maximum Gasteiger partial charge on any atom is 0.136 e. The minimum absolute atomic E-state index is 0.534. The molecule has 0 amide bonds. The molecule has 5 heteroatoms. The molecule has 2 aromatic rings. The zero-order valence-electron chi connectivity index (χ0n) is 11.8. The Morgan fingerprint density at radius 1 is 1.35 bits per heavy atom. The number of hydrogen-bond donors (Lipinski definition) is 1. The summed E-state index contributed by atoms with van der Waals surface area (Å²) in [5, 5.41) is 0. The highest BCUT2D eigenvalue weighted by Gasteiger charge is 2.28. The van der Waals surface area contributed by atoms with Crippen molar-refractivity contribution in [2.45, 2.75) is 32.0 Å². The Bertz CT molecular complexity index is 590. The van der Waals surface area contributed by atoms with Crippen LogP contribution in [0.5, 0.6) is 0 Å². The van der Waals surface area contributed by atoms with Gasteiger partial charge in [0.2, 0.25) is 0 Å². The molecule has 0 bridgehead atoms. The van der Waals surface area contributed by atoms with Gasteiger partial charge < -0.3 is 19.8 Å². The molecule has 0 spiro atoms. The summed E-state index contributed by atoms with van der Waals surface area (Å²) in [6.07, 6.45) is 2.46. The number of nitrogens with zero attached hydrogens (tertiary/aromatic N) is 2. The summed E-state index contributed by atoms with van der Waals surface area (Å²) < 4.78 is 12.9. The average molecular weight is 275 g/mol. The van der Waals surface area contributed by atoms with Gasteiger partial charge in [0.05, 0.1) is 24.2 Å². The monoisotopic (exact) mass is 275 g/mol. The predicted molar refractivity (Wildman–Crippen MR) is 77.4 cm³/mol. The molecule has 108 valence electrons. The Hall–Kier alpha value is -1.43. The average Bonchev–Trinajstić information content (AvgIpc) is 3.24. The minimum Gasteiger partial charge on any atom is -0.382 e. The van der Waals surface area contributed by atoms with Crippen molar-refractivity contribution in [3.63, 3.8) is 0 Å². The first-order valence-electron chi connectivity index (χ1n) is 7.10. The number of nitrogens with two attached hydrogens (primary N) is 1. The van der Waals surface area contributed by atoms with Crippen LogP contribution in [-0.4, -0.2) is 29.9 Å². The molecule has 0 aliphatic heterocycles. The molecular weight excluding hydrogens is 254 g/mol. The summed E-state index contributed by atoms with van der Waals surface area (Å²) in [4.78, 5) is 4.72. The molecule has 1 fully saturated rings. The highest BCUT2D eigenvalue weighted by atomic mass is 16.5. The van der Waals surface area contributed by atoms with Crippen molar-refractivity contribution in [1.82, 2.24) is 9.55 Å². The van der Waals surface area contributed by atoms with Gasteiger partial charge in [-0.3, -0.25) is 0 Å². The molecule has 1 aromatic carbocycles. The second-order valence-electron chi connectivity index (χ2n) is 5.20. The zero-order chi connectivity index (χ0) is 13.9. The lowest BCUT2D eigenvalue weighted by atomic mass is 10.2. The molecule has 1 heterocycles. The van der Waals surface area contributed by atoms with E-state index in [1.54, 1.807) is 7.11 Å². The summed E-state index contributed by atoms with van der Waals surface area (Å²) in [7, 11) is 1.68. The maximum atomic E-state index is 5.70. The van der Waals surface area contributed by atoms with Crippen molar-refractivity contribution in [3.05, 3.63) is 29.6 Å². The van der Waals surface area contributed by atoms with E-state index >= 15 is 0 Å². The molecule has 1 aliphatic rings. The summed E-state index contributed by atoms with van der Waals surface area (Å²) in [5.74, 6) is 1.01. The number of imidazole rings is 1. The molecule has 0 saturated heterocycles. The van der Waals surface area contributed by atoms with Gasteiger partial charge in [-0.1, -0.05) is 6.07 Å². The number of ether oxygens (including phenoxy) is 2. The van der Waals surface area contributed by atoms with Crippen LogP contribution in [0, 0.1) is 0 Å². The first-order valence-corrected chi connectivity index (χ1v) is 7.10. The van der Waals surface area contributed by atoms with E-state index in [0.717, 1.165) is 16.9 Å². The molecule has 1 saturated carbocycles. The third-order valence-electron chi connectivity index (χ3n) is 3.64. The van der Waals surface area contributed by atoms with Crippen LogP contribution in [0.1, 0.15) is 30.3 Å². The van der Waals surface area contributed by atoms with Crippen LogP contribution in [-0.2, 0) is 22.6 Å². The largest absolute Gasteiger partial charge is 0.382 e. The van der Waals surface area contributed by atoms with Crippen LogP contribution in [0.25, 0.3) is 11.0 Å². The van der Waals surface area contributed by atoms with Crippen LogP contribution in [0.15, 0.2) is 18.2 Å². The Kier molecular flexibility index (Phi) is 4.00. The standard InChI is InChI=1S/C15H21N3O2/c1-19-6-7-20-10-15-17-13-8-11(9-16)2-5-14(13)18(15)12-3-4-12/h2,5,8,12H,3-4,6-7,9-10,16H2,1H3. The lowest BCUT2D eigenvalue weighted by Crippen LogP contribution is -2.07. The van der Waals surface area contributed by atoms with Crippen LogP contribution in [0.3, 0.4) is 0 Å². The van der Waals surface area contributed by atoms with Gasteiger partial charge in [0.1, 0.15) is 12.4 Å². The van der Waals surface area contributed by atoms with Gasteiger partial charge >= 0.3 is 0 Å². The number of rotatable bonds is 7. The van der Waals surface area contributed by atoms with Gasteiger partial charge in [0.25, 0.3) is 0 Å². The fraction of sp³-hybridized carbons (Fsp3) is 0.533. The van der Waals surface area contributed by atoms with Crippen LogP contribution >= 0.6 is 0 Å². The normalized spacial score (nSPS) is 15.1. The van der Waals surface area contributed by atoms with E-state index in [2.05, 4.69) is 22.8 Å². The Labute approximate surface area is 118 Å². The Morgan fingerprint density at radius 2 is 2.20 bits per heavy atom. The van der Waals surface area contributed by atoms with Gasteiger partial charge in [0.15, 0.2) is 0 Å². The fourth-order valence-corrected chi connectivity index (χ4v) is 2.47. The highest BCUT2D eigenvalue weighted by molar-refractivity contribution is 5.77. The van der Waals surface area contributed by atoms with E-state index in [0.29, 0.717) is 32.4 Å². The number of hydrogen-bond acceptors (Lipinski definition) is 4. The van der Waals surface area contributed by atoms with E-state index in [-0.39, 0.29) is 0 Å². The molecule has 20 heavy (non-hydrogen) atoms. The molecule has 1 aromatic heterocycles. The van der Waals surface area contributed by atoms with Crippen molar-refractivity contribution in [2.24, 2.45) is 5.73 Å². The maximum absolute atomic E-state index is 5.70. The van der Waals surface area contributed by atoms with E-state index in [1.165, 1.54) is 18.4 Å². The Morgan fingerprint density at radius 3 is 2.90 bits per heavy atom. The van der Waals surface area contributed by atoms with Crippen LogP contribution < -0.4 is 5.73 Å². The van der Waals surface area contributed by atoms with Crippen molar-refractivity contribution in [2.75, 3.05) is 20.3 Å². The quantitative estimate of drug-likeness (QED) is 0.785. The molecule has 0 atom stereocenters. The van der Waals surface area contributed by atoms with Gasteiger partial charge in [-0.05, 0) is 30.5 Å². The summed E-state index contributed by atoms with van der Waals surface area (Å²) >= 11 is 0. The molecule has 5 nitrogen and oxygen atoms in total. The molecule has 1 aliphatic carbocycles. The molecule has 2 N–H and O–H groups in total. The van der Waals surface area contributed by atoms with E-state index in [4.69, 9.17) is 20.2 Å². The lowest BCUT2D eigenvalue weighted by molar-refractivity contribution is 0.0575. The fourth-order valence-electron chi connectivity index (χ4n) is 2.47. The summed E-state index contributed by atoms with van der Waals surface area (Å²) in [5.41, 5.74) is 9.02. The van der Waals surface area contributed by atoms with Gasteiger partial charge in [-0.15, -0.1) is 0 Å². The molecular formula is C15H21N3O2. The second-order valence-corrected chi connectivity index (χ2v) is 5.20. The first kappa shape index (κ1) is 13.5. The number of aromatic nitrogens is 2. The smallest absolute Gasteiger partial charge is 0.136 e. The van der Waals surface area contributed by atoms with Gasteiger partial charge in [0, 0.05) is 19.7 Å². The van der Waals surface area contributed by atoms with E-state index in [9.17, 15) is 0 Å². The van der Waals surface area contributed by atoms with Crippen molar-refractivity contribution in [3.8, 4) is 0 Å². The predicted octanol–water partition coefficient (Wildman–Crippen LogP) is 1.99. The number of benzene rings is 1. The van der Waals surface area contributed by atoms with Crippen molar-refractivity contribution in [1.29, 1.82) is 0 Å². The second kappa shape index (κ2) is 5.91. The van der Waals surface area contributed by atoms with Crippen molar-refractivity contribution >= 4 is 11.0 Å². The van der Waals surface area contributed by atoms with Crippen molar-refractivity contribution < 1.29 is 9.47 Å². The first-order chi connectivity index (χ1) is 9.83. The van der Waals surface area contributed by atoms with Crippen LogP contribution in [0.4, 0.5) is 0 Å². The topological polar surface area (TPSA) is 62.3 Å². The van der Waals surface area contributed by atoms with Gasteiger partial charge in [-0.2, -0.15) is 0 Å². The van der Waals surface area contributed by atoms with E-state index in [1.807, 2.05) is 0 Å². The summed E-state index contributed by atoms with van der Waals surface area (Å²) in [6.45, 7) is 2.29. The van der Waals surface area contributed by atoms with Crippen LogP contribution in [0.2, 0.25) is 0 Å². The third kappa shape index (κ3) is 2.70. The number of fused-ring (bicyclic) bond motifs is 1.